The summed E-state index contributed by atoms with van der Waals surface area (Å²) in [4.78, 5) is 13.7. The molecule has 4 rings (SSSR count). The van der Waals surface area contributed by atoms with Crippen molar-refractivity contribution in [1.29, 1.82) is 0 Å². The van der Waals surface area contributed by atoms with Crippen molar-refractivity contribution in [3.8, 4) is 11.3 Å². The summed E-state index contributed by atoms with van der Waals surface area (Å²) in [6, 6.07) is 16.5. The fourth-order valence-electron chi connectivity index (χ4n) is 3.66. The number of hydrogen-bond acceptors (Lipinski definition) is 6. The zero-order valence-electron chi connectivity index (χ0n) is 16.5. The molecule has 150 valence electrons. The van der Waals surface area contributed by atoms with Crippen molar-refractivity contribution in [2.75, 3.05) is 17.2 Å². The molecule has 3 aromatic rings. The Bertz CT molecular complexity index is 896. The minimum Gasteiger partial charge on any atom is -0.393 e. The summed E-state index contributed by atoms with van der Waals surface area (Å²) in [7, 11) is 0. The van der Waals surface area contributed by atoms with Crippen LogP contribution in [-0.2, 0) is 6.42 Å². The van der Waals surface area contributed by atoms with Gasteiger partial charge >= 0.3 is 0 Å². The van der Waals surface area contributed by atoms with Crippen molar-refractivity contribution in [2.24, 2.45) is 0 Å². The molecule has 0 aliphatic heterocycles. The second-order valence-electron chi connectivity index (χ2n) is 7.48. The van der Waals surface area contributed by atoms with Crippen LogP contribution in [0.4, 0.5) is 11.8 Å². The van der Waals surface area contributed by atoms with E-state index in [1.807, 2.05) is 30.5 Å². The third-order valence-corrected chi connectivity index (χ3v) is 5.31. The Morgan fingerprint density at radius 2 is 1.72 bits per heavy atom. The third-order valence-electron chi connectivity index (χ3n) is 5.31. The van der Waals surface area contributed by atoms with Gasteiger partial charge in [-0.25, -0.2) is 4.98 Å². The largest absolute Gasteiger partial charge is 0.393 e. The van der Waals surface area contributed by atoms with E-state index in [0.29, 0.717) is 12.0 Å². The van der Waals surface area contributed by atoms with Crippen LogP contribution in [-0.4, -0.2) is 38.7 Å². The van der Waals surface area contributed by atoms with Crippen LogP contribution in [0.5, 0.6) is 0 Å². The zero-order valence-corrected chi connectivity index (χ0v) is 16.5. The van der Waals surface area contributed by atoms with Gasteiger partial charge in [-0.15, -0.1) is 0 Å². The topological polar surface area (TPSA) is 83.0 Å². The van der Waals surface area contributed by atoms with Gasteiger partial charge in [-0.2, -0.15) is 4.98 Å². The highest BCUT2D eigenvalue weighted by Crippen LogP contribution is 2.28. The Hall–Kier alpha value is -2.99. The standard InChI is InChI=1S/C23H27N5O/c29-19-11-9-18(10-12-19)27-22-20(21-8-4-5-14-24-21)16-26-23(28-22)25-15-13-17-6-2-1-3-7-17/h1-8,14,16,18-19,29H,9-13,15H2,(H2,25,26,27,28). The number of nitrogens with zero attached hydrogens (tertiary/aromatic N) is 3. The fraction of sp³-hybridized carbons (Fsp3) is 0.348. The molecule has 0 amide bonds. The first-order valence-corrected chi connectivity index (χ1v) is 10.3. The van der Waals surface area contributed by atoms with Crippen molar-refractivity contribution in [2.45, 2.75) is 44.2 Å². The highest BCUT2D eigenvalue weighted by Gasteiger charge is 2.21. The van der Waals surface area contributed by atoms with Gasteiger partial charge in [0.2, 0.25) is 5.95 Å². The summed E-state index contributed by atoms with van der Waals surface area (Å²) >= 11 is 0. The Labute approximate surface area is 171 Å². The number of nitrogens with one attached hydrogen (secondary N) is 2. The SMILES string of the molecule is OC1CCC(Nc2nc(NCCc3ccccc3)ncc2-c2ccccn2)CC1. The van der Waals surface area contributed by atoms with E-state index in [9.17, 15) is 5.11 Å². The smallest absolute Gasteiger partial charge is 0.224 e. The van der Waals surface area contributed by atoms with Crippen LogP contribution in [0.2, 0.25) is 0 Å². The molecule has 2 aromatic heterocycles. The van der Waals surface area contributed by atoms with Crippen LogP contribution in [0, 0.1) is 0 Å². The summed E-state index contributed by atoms with van der Waals surface area (Å²) in [6.07, 6.45) is 7.86. The van der Waals surface area contributed by atoms with Gasteiger partial charge in [0.05, 0.1) is 17.4 Å². The Kier molecular flexibility index (Phi) is 6.32. The number of aromatic nitrogens is 3. The molecule has 0 unspecified atom stereocenters. The first kappa shape index (κ1) is 19.3. The third kappa shape index (κ3) is 5.29. The maximum atomic E-state index is 9.79. The number of pyridine rings is 1. The van der Waals surface area contributed by atoms with E-state index < -0.39 is 0 Å². The Balaban J connectivity index is 1.49. The normalized spacial score (nSPS) is 18.9. The van der Waals surface area contributed by atoms with Crippen molar-refractivity contribution in [3.63, 3.8) is 0 Å². The Morgan fingerprint density at radius 1 is 0.931 bits per heavy atom. The van der Waals surface area contributed by atoms with Gasteiger partial charge in [0.25, 0.3) is 0 Å². The molecular weight excluding hydrogens is 362 g/mol. The van der Waals surface area contributed by atoms with Crippen molar-refractivity contribution in [3.05, 3.63) is 66.5 Å². The predicted octanol–water partition coefficient (Wildman–Crippen LogP) is 3.91. The second-order valence-corrected chi connectivity index (χ2v) is 7.48. The molecule has 6 nitrogen and oxygen atoms in total. The van der Waals surface area contributed by atoms with Crippen LogP contribution in [0.3, 0.4) is 0 Å². The minimum atomic E-state index is -0.177. The monoisotopic (exact) mass is 389 g/mol. The second kappa shape index (κ2) is 9.47. The van der Waals surface area contributed by atoms with E-state index in [-0.39, 0.29) is 6.10 Å². The molecule has 1 fully saturated rings. The van der Waals surface area contributed by atoms with E-state index >= 15 is 0 Å². The molecule has 2 heterocycles. The molecule has 0 bridgehead atoms. The van der Waals surface area contributed by atoms with Gasteiger partial charge in [0, 0.05) is 25.0 Å². The van der Waals surface area contributed by atoms with Crippen molar-refractivity contribution < 1.29 is 5.11 Å². The van der Waals surface area contributed by atoms with Gasteiger partial charge in [-0.05, 0) is 49.8 Å². The fourth-order valence-corrected chi connectivity index (χ4v) is 3.66. The van der Waals surface area contributed by atoms with E-state index in [1.165, 1.54) is 5.56 Å². The number of aliphatic hydroxyl groups excluding tert-OH is 1. The highest BCUT2D eigenvalue weighted by atomic mass is 16.3. The van der Waals surface area contributed by atoms with Crippen LogP contribution in [0.1, 0.15) is 31.2 Å². The Morgan fingerprint density at radius 3 is 2.48 bits per heavy atom. The van der Waals surface area contributed by atoms with Gasteiger partial charge < -0.3 is 15.7 Å². The highest BCUT2D eigenvalue weighted by molar-refractivity contribution is 5.72. The van der Waals surface area contributed by atoms with E-state index in [0.717, 1.165) is 55.7 Å². The summed E-state index contributed by atoms with van der Waals surface area (Å²) in [5.74, 6) is 1.40. The molecule has 0 radical (unpaired) electrons. The van der Waals surface area contributed by atoms with Gasteiger partial charge in [-0.3, -0.25) is 4.98 Å². The molecule has 1 aliphatic rings. The molecule has 0 saturated heterocycles. The number of rotatable bonds is 7. The molecule has 0 atom stereocenters. The number of aliphatic hydroxyl groups is 1. The summed E-state index contributed by atoms with van der Waals surface area (Å²) < 4.78 is 0. The first-order chi connectivity index (χ1) is 14.3. The van der Waals surface area contributed by atoms with Crippen LogP contribution < -0.4 is 10.6 Å². The molecule has 1 aliphatic carbocycles. The lowest BCUT2D eigenvalue weighted by atomic mass is 9.93. The van der Waals surface area contributed by atoms with Crippen molar-refractivity contribution >= 4 is 11.8 Å². The molecule has 6 heteroatoms. The molecule has 1 aromatic carbocycles. The predicted molar refractivity (Wildman–Crippen MR) is 116 cm³/mol. The summed E-state index contributed by atoms with van der Waals surface area (Å²) in [5, 5.41) is 16.7. The average molecular weight is 390 g/mol. The maximum Gasteiger partial charge on any atom is 0.224 e. The number of anilines is 2. The molecular formula is C23H27N5O. The first-order valence-electron chi connectivity index (χ1n) is 10.3. The zero-order chi connectivity index (χ0) is 19.9. The van der Waals surface area contributed by atoms with Crippen LogP contribution in [0.15, 0.2) is 60.9 Å². The van der Waals surface area contributed by atoms with Gasteiger partial charge in [-0.1, -0.05) is 36.4 Å². The molecule has 3 N–H and O–H groups in total. The maximum absolute atomic E-state index is 9.79. The summed E-state index contributed by atoms with van der Waals surface area (Å²) in [6.45, 7) is 0.766. The van der Waals surface area contributed by atoms with Gasteiger partial charge in [0.1, 0.15) is 5.82 Å². The van der Waals surface area contributed by atoms with E-state index in [4.69, 9.17) is 4.98 Å². The average Bonchev–Trinajstić information content (AvgIpc) is 2.77. The number of benzene rings is 1. The van der Waals surface area contributed by atoms with Crippen molar-refractivity contribution in [1.82, 2.24) is 15.0 Å². The summed E-state index contributed by atoms with van der Waals surface area (Å²) in [5.41, 5.74) is 3.02. The van der Waals surface area contributed by atoms with Crippen LogP contribution in [0.25, 0.3) is 11.3 Å². The molecule has 0 spiro atoms. The quantitative estimate of drug-likeness (QED) is 0.568. The van der Waals surface area contributed by atoms with E-state index in [1.54, 1.807) is 6.20 Å². The minimum absolute atomic E-state index is 0.177. The molecule has 1 saturated carbocycles. The van der Waals surface area contributed by atoms with E-state index in [2.05, 4.69) is 44.9 Å². The molecule has 29 heavy (non-hydrogen) atoms. The lowest BCUT2D eigenvalue weighted by molar-refractivity contribution is 0.126. The van der Waals surface area contributed by atoms with Gasteiger partial charge in [0.15, 0.2) is 0 Å². The van der Waals surface area contributed by atoms with Crippen LogP contribution >= 0.6 is 0 Å². The number of hydrogen-bond donors (Lipinski definition) is 3. The lowest BCUT2D eigenvalue weighted by Gasteiger charge is -2.27. The lowest BCUT2D eigenvalue weighted by Crippen LogP contribution is -2.29.